The molecule has 2 aromatic rings. The summed E-state index contributed by atoms with van der Waals surface area (Å²) in [6.45, 7) is 5.78. The normalized spacial score (nSPS) is 12.2. The molecule has 1 aromatic carbocycles. The van der Waals surface area contributed by atoms with E-state index >= 15 is 0 Å². The zero-order valence-corrected chi connectivity index (χ0v) is 15.1. The van der Waals surface area contributed by atoms with E-state index in [0.717, 1.165) is 31.9 Å². The number of rotatable bonds is 12. The number of hydrogen-bond acceptors (Lipinski definition) is 5. The summed E-state index contributed by atoms with van der Waals surface area (Å²) in [4.78, 5) is 1.23. The maximum absolute atomic E-state index is 9.49. The van der Waals surface area contributed by atoms with E-state index in [2.05, 4.69) is 28.9 Å². The molecule has 4 nitrogen and oxygen atoms in total. The Morgan fingerprint density at radius 2 is 2.00 bits per heavy atom. The number of aliphatic hydroxyl groups excluding tert-OH is 1. The van der Waals surface area contributed by atoms with Crippen molar-refractivity contribution >= 4 is 11.3 Å². The fraction of sp³-hybridized carbons (Fsp3) is 0.474. The number of aliphatic hydroxyl groups is 1. The maximum atomic E-state index is 9.49. The van der Waals surface area contributed by atoms with E-state index in [1.54, 1.807) is 11.3 Å². The standard InChI is InChI=1S/C19H27NO3S/c1-2-22-11-12-23-18-7-5-16(6-8-18)9-10-20-14-17(15-21)19-4-3-13-24-19/h3-8,13,17,20-21H,2,9-12,14-15H2,1H3. The Balaban J connectivity index is 1.65. The predicted molar refractivity (Wildman–Crippen MR) is 99.1 cm³/mol. The lowest BCUT2D eigenvalue weighted by molar-refractivity contribution is 0.110. The van der Waals surface area contributed by atoms with Crippen LogP contribution in [0.4, 0.5) is 0 Å². The van der Waals surface area contributed by atoms with E-state index < -0.39 is 0 Å². The van der Waals surface area contributed by atoms with Crippen molar-refractivity contribution in [3.63, 3.8) is 0 Å². The quantitative estimate of drug-likeness (QED) is 0.578. The summed E-state index contributed by atoms with van der Waals surface area (Å²) in [6.07, 6.45) is 0.960. The van der Waals surface area contributed by atoms with Crippen LogP contribution in [0.5, 0.6) is 5.75 Å². The van der Waals surface area contributed by atoms with Crippen LogP contribution in [-0.4, -0.2) is 44.6 Å². The van der Waals surface area contributed by atoms with Crippen molar-refractivity contribution in [1.29, 1.82) is 0 Å². The Morgan fingerprint density at radius 3 is 2.67 bits per heavy atom. The van der Waals surface area contributed by atoms with Gasteiger partial charge in [-0.2, -0.15) is 0 Å². The van der Waals surface area contributed by atoms with Gasteiger partial charge in [0.1, 0.15) is 12.4 Å². The van der Waals surface area contributed by atoms with E-state index in [4.69, 9.17) is 9.47 Å². The Bertz CT molecular complexity index is 542. The van der Waals surface area contributed by atoms with Gasteiger partial charge in [-0.25, -0.2) is 0 Å². The highest BCUT2D eigenvalue weighted by atomic mass is 32.1. The molecule has 0 amide bonds. The minimum absolute atomic E-state index is 0.182. The molecule has 2 rings (SSSR count). The Hall–Kier alpha value is -1.40. The molecule has 1 atom stereocenters. The molecule has 0 fully saturated rings. The minimum atomic E-state index is 0.182. The summed E-state index contributed by atoms with van der Waals surface area (Å²) in [5.41, 5.74) is 1.27. The highest BCUT2D eigenvalue weighted by molar-refractivity contribution is 7.10. The number of thiophene rings is 1. The van der Waals surface area contributed by atoms with Gasteiger partial charge in [-0.15, -0.1) is 11.3 Å². The van der Waals surface area contributed by atoms with Crippen LogP contribution in [0.2, 0.25) is 0 Å². The summed E-state index contributed by atoms with van der Waals surface area (Å²) in [6, 6.07) is 12.3. The van der Waals surface area contributed by atoms with Crippen LogP contribution in [0.1, 0.15) is 23.3 Å². The van der Waals surface area contributed by atoms with Gasteiger partial charge < -0.3 is 19.9 Å². The van der Waals surface area contributed by atoms with Crippen LogP contribution < -0.4 is 10.1 Å². The van der Waals surface area contributed by atoms with Crippen molar-refractivity contribution in [3.05, 3.63) is 52.2 Å². The highest BCUT2D eigenvalue weighted by Crippen LogP contribution is 2.20. The smallest absolute Gasteiger partial charge is 0.119 e. The average Bonchev–Trinajstić information content (AvgIpc) is 3.14. The van der Waals surface area contributed by atoms with Crippen LogP contribution in [0.15, 0.2) is 41.8 Å². The molecule has 132 valence electrons. The average molecular weight is 349 g/mol. The second kappa shape index (κ2) is 11.2. The predicted octanol–water partition coefficient (Wildman–Crippen LogP) is 3.07. The Labute approximate surface area is 148 Å². The largest absolute Gasteiger partial charge is 0.491 e. The molecule has 0 aliphatic rings. The number of hydrogen-bond donors (Lipinski definition) is 2. The lowest BCUT2D eigenvalue weighted by Gasteiger charge is -2.13. The van der Waals surface area contributed by atoms with Gasteiger partial charge in [0.05, 0.1) is 13.2 Å². The Kier molecular flexibility index (Phi) is 8.84. The van der Waals surface area contributed by atoms with Gasteiger partial charge in [-0.1, -0.05) is 18.2 Å². The van der Waals surface area contributed by atoms with Crippen LogP contribution >= 0.6 is 11.3 Å². The number of ether oxygens (including phenoxy) is 2. The molecule has 0 radical (unpaired) electrons. The summed E-state index contributed by atoms with van der Waals surface area (Å²) < 4.78 is 10.9. The molecule has 0 aliphatic heterocycles. The second-order valence-electron chi connectivity index (χ2n) is 5.54. The summed E-state index contributed by atoms with van der Waals surface area (Å²) in [5, 5.41) is 15.0. The molecular weight excluding hydrogens is 322 g/mol. The monoisotopic (exact) mass is 349 g/mol. The lowest BCUT2D eigenvalue weighted by Crippen LogP contribution is -2.25. The number of nitrogens with one attached hydrogen (secondary N) is 1. The van der Waals surface area contributed by atoms with Gasteiger partial charge in [0, 0.05) is 23.9 Å². The van der Waals surface area contributed by atoms with Crippen LogP contribution in [-0.2, 0) is 11.2 Å². The van der Waals surface area contributed by atoms with Crippen molar-refractivity contribution in [2.45, 2.75) is 19.3 Å². The molecule has 1 aromatic heterocycles. The van der Waals surface area contributed by atoms with Gasteiger partial charge in [0.25, 0.3) is 0 Å². The highest BCUT2D eigenvalue weighted by Gasteiger charge is 2.10. The SMILES string of the molecule is CCOCCOc1ccc(CCNCC(CO)c2cccs2)cc1. The molecular formula is C19H27NO3S. The number of benzene rings is 1. The van der Waals surface area contributed by atoms with Crippen LogP contribution in [0.25, 0.3) is 0 Å². The molecule has 0 bridgehead atoms. The van der Waals surface area contributed by atoms with E-state index in [9.17, 15) is 5.11 Å². The Morgan fingerprint density at radius 1 is 1.17 bits per heavy atom. The molecule has 0 spiro atoms. The fourth-order valence-corrected chi connectivity index (χ4v) is 3.22. The van der Waals surface area contributed by atoms with Gasteiger partial charge >= 0.3 is 0 Å². The molecule has 5 heteroatoms. The third-order valence-corrected chi connectivity index (χ3v) is 4.81. The lowest BCUT2D eigenvalue weighted by atomic mass is 10.1. The first-order chi connectivity index (χ1) is 11.8. The topological polar surface area (TPSA) is 50.7 Å². The molecule has 0 saturated heterocycles. The van der Waals surface area contributed by atoms with Crippen molar-refractivity contribution in [2.24, 2.45) is 0 Å². The van der Waals surface area contributed by atoms with Gasteiger partial charge in [-0.05, 0) is 49.0 Å². The van der Waals surface area contributed by atoms with E-state index in [1.165, 1.54) is 10.4 Å². The summed E-state index contributed by atoms with van der Waals surface area (Å²) in [7, 11) is 0. The van der Waals surface area contributed by atoms with Crippen molar-refractivity contribution in [3.8, 4) is 5.75 Å². The van der Waals surface area contributed by atoms with Crippen molar-refractivity contribution in [2.75, 3.05) is 39.5 Å². The van der Waals surface area contributed by atoms with Crippen LogP contribution in [0, 0.1) is 0 Å². The third kappa shape index (κ3) is 6.61. The first-order valence-corrected chi connectivity index (χ1v) is 9.36. The zero-order valence-electron chi connectivity index (χ0n) is 14.2. The van der Waals surface area contributed by atoms with E-state index in [1.807, 2.05) is 25.1 Å². The second-order valence-corrected chi connectivity index (χ2v) is 6.52. The van der Waals surface area contributed by atoms with Crippen molar-refractivity contribution in [1.82, 2.24) is 5.32 Å². The van der Waals surface area contributed by atoms with Gasteiger partial charge in [-0.3, -0.25) is 0 Å². The van der Waals surface area contributed by atoms with Gasteiger partial charge in [0.15, 0.2) is 0 Å². The zero-order chi connectivity index (χ0) is 17.0. The van der Waals surface area contributed by atoms with E-state index in [-0.39, 0.29) is 12.5 Å². The van der Waals surface area contributed by atoms with Crippen LogP contribution in [0.3, 0.4) is 0 Å². The fourth-order valence-electron chi connectivity index (χ4n) is 2.40. The molecule has 1 heterocycles. The third-order valence-electron chi connectivity index (χ3n) is 3.77. The summed E-state index contributed by atoms with van der Waals surface area (Å²) in [5.74, 6) is 1.07. The van der Waals surface area contributed by atoms with Crippen molar-refractivity contribution < 1.29 is 14.6 Å². The molecule has 24 heavy (non-hydrogen) atoms. The molecule has 0 saturated carbocycles. The molecule has 2 N–H and O–H groups in total. The van der Waals surface area contributed by atoms with E-state index in [0.29, 0.717) is 13.2 Å². The minimum Gasteiger partial charge on any atom is -0.491 e. The summed E-state index contributed by atoms with van der Waals surface area (Å²) >= 11 is 1.70. The first kappa shape index (κ1) is 18.9. The maximum Gasteiger partial charge on any atom is 0.119 e. The molecule has 1 unspecified atom stereocenters. The first-order valence-electron chi connectivity index (χ1n) is 8.48. The molecule has 0 aliphatic carbocycles. The van der Waals surface area contributed by atoms with Gasteiger partial charge in [0.2, 0.25) is 0 Å².